The molecule has 0 atom stereocenters. The second kappa shape index (κ2) is 14.2. The Labute approximate surface area is 304 Å². The van der Waals surface area contributed by atoms with Crippen molar-refractivity contribution < 1.29 is 30.9 Å². The van der Waals surface area contributed by atoms with Crippen LogP contribution in [0.1, 0.15) is 77.6 Å². The summed E-state index contributed by atoms with van der Waals surface area (Å²) in [6.45, 7) is 7.04. The number of hydrogen-bond acceptors (Lipinski definition) is 6. The first-order valence-electron chi connectivity index (χ1n) is 17.0. The number of nitrogens with zero attached hydrogens (tertiary/aromatic N) is 5. The predicted molar refractivity (Wildman–Crippen MR) is 191 cm³/mol. The Morgan fingerprint density at radius 3 is 2.28 bits per heavy atom. The van der Waals surface area contributed by atoms with E-state index in [0.717, 1.165) is 38.0 Å². The molecule has 2 heterocycles. The molecule has 2 N–H and O–H groups in total. The zero-order valence-electron chi connectivity index (χ0n) is 29.4. The summed E-state index contributed by atoms with van der Waals surface area (Å²) in [5, 5.41) is 16.6. The molecule has 1 aliphatic carbocycles. The molecule has 15 heteroatoms. The Balaban J connectivity index is 1.37. The molecule has 5 aromatic rings. The van der Waals surface area contributed by atoms with Crippen molar-refractivity contribution in [3.63, 3.8) is 0 Å². The monoisotopic (exact) mass is 746 g/mol. The molecule has 53 heavy (non-hydrogen) atoms. The quantitative estimate of drug-likeness (QED) is 0.165. The van der Waals surface area contributed by atoms with E-state index in [1.807, 2.05) is 19.9 Å². The maximum Gasteiger partial charge on any atom is 0.416 e. The minimum atomic E-state index is -4.67. The van der Waals surface area contributed by atoms with Crippen molar-refractivity contribution in [3.05, 3.63) is 116 Å². The molecule has 0 saturated heterocycles. The number of rotatable bonds is 7. The number of imidazole rings is 1. The number of halogens is 3. The zero-order chi connectivity index (χ0) is 38.4. The van der Waals surface area contributed by atoms with Gasteiger partial charge in [0.25, 0.3) is 10.1 Å². The first-order chi connectivity index (χ1) is 25.0. The maximum atomic E-state index is 14.2. The summed E-state index contributed by atoms with van der Waals surface area (Å²) < 4.78 is 79.0. The van der Waals surface area contributed by atoms with Gasteiger partial charge in [-0.1, -0.05) is 13.0 Å². The fraction of sp³-hybridized carbons (Fsp3) is 0.316. The molecular formula is C38H37F3N6O5S. The third kappa shape index (κ3) is 7.04. The molecule has 0 unspecified atom stereocenters. The highest BCUT2D eigenvalue weighted by Crippen LogP contribution is 2.39. The highest BCUT2D eigenvalue weighted by Gasteiger charge is 2.33. The van der Waals surface area contributed by atoms with Gasteiger partial charge in [0, 0.05) is 6.04 Å². The number of aromatic nitrogens is 4. The largest absolute Gasteiger partial charge is 0.416 e. The Morgan fingerprint density at radius 2 is 1.68 bits per heavy atom. The molecule has 3 aromatic carbocycles. The van der Waals surface area contributed by atoms with Crippen LogP contribution in [0.4, 0.5) is 18.0 Å². The number of alkyl halides is 3. The molecule has 0 spiro atoms. The van der Waals surface area contributed by atoms with Gasteiger partial charge in [-0.3, -0.25) is 9.12 Å². The molecule has 11 nitrogen and oxygen atoms in total. The Bertz CT molecular complexity index is 2430. The van der Waals surface area contributed by atoms with Crippen LogP contribution < -0.4 is 11.0 Å². The van der Waals surface area contributed by atoms with Crippen LogP contribution in [-0.4, -0.2) is 44.0 Å². The van der Waals surface area contributed by atoms with E-state index in [9.17, 15) is 41.0 Å². The summed E-state index contributed by atoms with van der Waals surface area (Å²) in [5.41, 5.74) is 2.79. The topological polar surface area (TPSA) is 152 Å². The van der Waals surface area contributed by atoms with Crippen molar-refractivity contribution in [3.8, 4) is 28.8 Å². The number of nitriles is 1. The molecule has 1 saturated carbocycles. The molecule has 1 fully saturated rings. The number of benzene rings is 3. The first kappa shape index (κ1) is 37.3. The van der Waals surface area contributed by atoms with E-state index < -0.39 is 33.6 Å². The smallest absolute Gasteiger partial charge is 0.335 e. The SMILES string of the molecule is CCc1c(C2CCC(NC(=O)n3c(-c4ccnn4-c4ccc(C#N)cc4)c(C)n(-c4cccc(C(F)(F)F)c4)c3=O)CC2)cc(S(=O)(=O)O)c(C)c1C. The molecule has 0 bridgehead atoms. The molecule has 2 aromatic heterocycles. The summed E-state index contributed by atoms with van der Waals surface area (Å²) >= 11 is 0. The van der Waals surface area contributed by atoms with Gasteiger partial charge >= 0.3 is 17.9 Å². The van der Waals surface area contributed by atoms with E-state index in [1.165, 1.54) is 29.9 Å². The minimum absolute atomic E-state index is 0.0396. The third-order valence-corrected chi connectivity index (χ3v) is 11.2. The van der Waals surface area contributed by atoms with Gasteiger partial charge in [-0.05, 0) is 136 Å². The summed E-state index contributed by atoms with van der Waals surface area (Å²) in [4.78, 5) is 28.3. The lowest BCUT2D eigenvalue weighted by atomic mass is 9.78. The fourth-order valence-electron chi connectivity index (χ4n) is 7.44. The van der Waals surface area contributed by atoms with E-state index in [-0.39, 0.29) is 33.9 Å². The van der Waals surface area contributed by atoms with Crippen LogP contribution in [0.25, 0.3) is 22.8 Å². The number of hydrogen-bond donors (Lipinski definition) is 2. The van der Waals surface area contributed by atoms with Gasteiger partial charge in [-0.15, -0.1) is 0 Å². The lowest BCUT2D eigenvalue weighted by Gasteiger charge is -2.31. The van der Waals surface area contributed by atoms with E-state index >= 15 is 0 Å². The normalized spacial score (nSPS) is 16.4. The predicted octanol–water partition coefficient (Wildman–Crippen LogP) is 7.40. The van der Waals surface area contributed by atoms with Crippen LogP contribution in [0, 0.1) is 32.1 Å². The number of amides is 1. The maximum absolute atomic E-state index is 14.2. The Morgan fingerprint density at radius 1 is 1.00 bits per heavy atom. The average molecular weight is 747 g/mol. The van der Waals surface area contributed by atoms with E-state index in [4.69, 9.17) is 0 Å². The summed E-state index contributed by atoms with van der Waals surface area (Å²) in [6, 6.07) is 14.8. The number of carbonyl (C=O) groups excluding carboxylic acids is 1. The average Bonchev–Trinajstić information content (AvgIpc) is 3.70. The van der Waals surface area contributed by atoms with Crippen LogP contribution in [0.5, 0.6) is 0 Å². The lowest BCUT2D eigenvalue weighted by Crippen LogP contribution is -2.43. The van der Waals surface area contributed by atoms with Gasteiger partial charge in [-0.25, -0.2) is 18.8 Å². The minimum Gasteiger partial charge on any atom is -0.335 e. The number of nitrogens with one attached hydrogen (secondary N) is 1. The third-order valence-electron chi connectivity index (χ3n) is 10.2. The van der Waals surface area contributed by atoms with Crippen molar-refractivity contribution in [2.75, 3.05) is 0 Å². The van der Waals surface area contributed by atoms with Gasteiger partial charge in [0.05, 0.1) is 51.1 Å². The van der Waals surface area contributed by atoms with Crippen molar-refractivity contribution >= 4 is 16.1 Å². The standard InChI is InChI=1S/C38H37F3N6O5S/c1-5-31-22(2)23(3)34(53(50,51)52)20-32(31)26-11-13-28(14-12-26)44-36(48)46-35(33-17-18-43-47(33)29-15-9-25(21-42)10-16-29)24(4)45(37(46)49)30-8-6-7-27(19-30)38(39,40)41/h6-10,15-20,26,28H,5,11-14H2,1-4H3,(H,44,48)(H,50,51,52). The lowest BCUT2D eigenvalue weighted by molar-refractivity contribution is -0.137. The van der Waals surface area contributed by atoms with E-state index in [1.54, 1.807) is 43.3 Å². The van der Waals surface area contributed by atoms with Crippen LogP contribution >= 0.6 is 0 Å². The Kier molecular flexibility index (Phi) is 9.97. The molecule has 6 rings (SSSR count). The van der Waals surface area contributed by atoms with Gasteiger partial charge in [-0.2, -0.15) is 31.9 Å². The van der Waals surface area contributed by atoms with Crippen molar-refractivity contribution in [2.45, 2.75) is 82.8 Å². The molecule has 1 amide bonds. The summed E-state index contributed by atoms with van der Waals surface area (Å²) in [6.07, 6.45) is -0.383. The second-order valence-corrected chi connectivity index (χ2v) is 14.6. The van der Waals surface area contributed by atoms with Crippen molar-refractivity contribution in [1.29, 1.82) is 5.26 Å². The highest BCUT2D eigenvalue weighted by atomic mass is 32.2. The first-order valence-corrected chi connectivity index (χ1v) is 18.5. The van der Waals surface area contributed by atoms with Crippen LogP contribution in [0.3, 0.4) is 0 Å². The fourth-order valence-corrected chi connectivity index (χ4v) is 8.26. The van der Waals surface area contributed by atoms with Gasteiger partial charge < -0.3 is 5.32 Å². The van der Waals surface area contributed by atoms with Gasteiger partial charge in [0.15, 0.2) is 0 Å². The van der Waals surface area contributed by atoms with Crippen molar-refractivity contribution in [2.24, 2.45) is 0 Å². The van der Waals surface area contributed by atoms with Crippen LogP contribution in [0.15, 0.2) is 76.6 Å². The molecule has 0 radical (unpaired) electrons. The van der Waals surface area contributed by atoms with Crippen LogP contribution in [-0.2, 0) is 22.7 Å². The van der Waals surface area contributed by atoms with Crippen LogP contribution in [0.2, 0.25) is 0 Å². The molecular weight excluding hydrogens is 710 g/mol. The van der Waals surface area contributed by atoms with Gasteiger partial charge in [0.1, 0.15) is 5.69 Å². The molecule has 276 valence electrons. The highest BCUT2D eigenvalue weighted by molar-refractivity contribution is 7.85. The van der Waals surface area contributed by atoms with E-state index in [2.05, 4.69) is 10.4 Å². The molecule has 0 aliphatic heterocycles. The number of carbonyl (C=O) groups is 1. The molecule has 1 aliphatic rings. The second-order valence-electron chi connectivity index (χ2n) is 13.2. The summed E-state index contributed by atoms with van der Waals surface area (Å²) in [7, 11) is -4.45. The van der Waals surface area contributed by atoms with Crippen molar-refractivity contribution in [1.82, 2.24) is 24.2 Å². The zero-order valence-corrected chi connectivity index (χ0v) is 30.2. The van der Waals surface area contributed by atoms with Gasteiger partial charge in [0.2, 0.25) is 0 Å². The van der Waals surface area contributed by atoms with E-state index in [0.29, 0.717) is 54.6 Å². The Hall–Kier alpha value is -5.46. The summed E-state index contributed by atoms with van der Waals surface area (Å²) in [5.74, 6) is -0.0396.